The highest BCUT2D eigenvalue weighted by Crippen LogP contribution is 2.27. The number of rotatable bonds is 5. The Kier molecular flexibility index (Phi) is 6.01. The molecule has 2 aliphatic rings. The normalized spacial score (nSPS) is 19.3. The number of amides is 2. The predicted octanol–water partition coefficient (Wildman–Crippen LogP) is 2.32. The van der Waals surface area contributed by atoms with Gasteiger partial charge < -0.3 is 19.3 Å². The molecule has 0 bridgehead atoms. The Hall–Kier alpha value is -2.24. The average molecular weight is 360 g/mol. The maximum absolute atomic E-state index is 12.6. The Balaban J connectivity index is 1.48. The molecule has 0 N–H and O–H groups in total. The van der Waals surface area contributed by atoms with Crippen LogP contribution in [0.25, 0.3) is 0 Å². The SMILES string of the molecule is COc1ccc(OC(C)C(=O)N2CCN(C(=O)C3CCCC3)CC2)cc1. The fourth-order valence-corrected chi connectivity index (χ4v) is 3.74. The zero-order chi connectivity index (χ0) is 18.5. The lowest BCUT2D eigenvalue weighted by molar-refractivity contribution is -0.145. The Morgan fingerprint density at radius 1 is 0.962 bits per heavy atom. The van der Waals surface area contributed by atoms with E-state index in [0.29, 0.717) is 31.9 Å². The topological polar surface area (TPSA) is 59.1 Å². The van der Waals surface area contributed by atoms with Gasteiger partial charge in [-0.25, -0.2) is 0 Å². The summed E-state index contributed by atoms with van der Waals surface area (Å²) < 4.78 is 10.9. The van der Waals surface area contributed by atoms with Gasteiger partial charge in [-0.2, -0.15) is 0 Å². The molecule has 1 aromatic carbocycles. The number of benzene rings is 1. The minimum Gasteiger partial charge on any atom is -0.497 e. The summed E-state index contributed by atoms with van der Waals surface area (Å²) in [5, 5.41) is 0. The van der Waals surface area contributed by atoms with E-state index in [9.17, 15) is 9.59 Å². The van der Waals surface area contributed by atoms with Gasteiger partial charge in [0.15, 0.2) is 6.10 Å². The minimum absolute atomic E-state index is 0.0335. The van der Waals surface area contributed by atoms with Gasteiger partial charge in [0.1, 0.15) is 11.5 Å². The first-order valence-corrected chi connectivity index (χ1v) is 9.47. The predicted molar refractivity (Wildman–Crippen MR) is 98.2 cm³/mol. The molecule has 6 nitrogen and oxygen atoms in total. The molecule has 0 radical (unpaired) electrons. The number of carbonyl (C=O) groups excluding carboxylic acids is 2. The highest BCUT2D eigenvalue weighted by atomic mass is 16.5. The number of hydrogen-bond donors (Lipinski definition) is 0. The zero-order valence-corrected chi connectivity index (χ0v) is 15.6. The van der Waals surface area contributed by atoms with Crippen LogP contribution in [-0.4, -0.2) is 61.0 Å². The molecule has 2 fully saturated rings. The molecule has 6 heteroatoms. The molecule has 1 aromatic rings. The zero-order valence-electron chi connectivity index (χ0n) is 15.6. The summed E-state index contributed by atoms with van der Waals surface area (Å²) in [4.78, 5) is 28.8. The molecule has 26 heavy (non-hydrogen) atoms. The quantitative estimate of drug-likeness (QED) is 0.809. The molecule has 2 amide bonds. The van der Waals surface area contributed by atoms with Crippen LogP contribution in [0.3, 0.4) is 0 Å². The van der Waals surface area contributed by atoms with Crippen molar-refractivity contribution >= 4 is 11.8 Å². The maximum atomic E-state index is 12.6. The summed E-state index contributed by atoms with van der Waals surface area (Å²) in [6.45, 7) is 4.16. The van der Waals surface area contributed by atoms with Crippen LogP contribution in [0, 0.1) is 5.92 Å². The summed E-state index contributed by atoms with van der Waals surface area (Å²) in [5.74, 6) is 1.83. The lowest BCUT2D eigenvalue weighted by atomic mass is 10.1. The molecule has 1 aliphatic carbocycles. The summed E-state index contributed by atoms with van der Waals surface area (Å²) in [5.41, 5.74) is 0. The second-order valence-corrected chi connectivity index (χ2v) is 7.07. The van der Waals surface area contributed by atoms with Crippen molar-refractivity contribution in [3.63, 3.8) is 0 Å². The molecular formula is C20H28N2O4. The van der Waals surface area contributed by atoms with Crippen LogP contribution in [0.5, 0.6) is 11.5 Å². The van der Waals surface area contributed by atoms with E-state index in [-0.39, 0.29) is 17.7 Å². The van der Waals surface area contributed by atoms with Gasteiger partial charge in [0, 0.05) is 32.1 Å². The first kappa shape index (κ1) is 18.5. The van der Waals surface area contributed by atoms with Crippen molar-refractivity contribution in [1.29, 1.82) is 0 Å². The summed E-state index contributed by atoms with van der Waals surface area (Å²) >= 11 is 0. The van der Waals surface area contributed by atoms with Crippen LogP contribution in [0.1, 0.15) is 32.6 Å². The molecule has 0 aromatic heterocycles. The van der Waals surface area contributed by atoms with Gasteiger partial charge in [0.2, 0.25) is 5.91 Å². The smallest absolute Gasteiger partial charge is 0.263 e. The number of ether oxygens (including phenoxy) is 2. The Bertz CT molecular complexity index is 617. The monoisotopic (exact) mass is 360 g/mol. The minimum atomic E-state index is -0.555. The molecule has 0 spiro atoms. The van der Waals surface area contributed by atoms with Gasteiger partial charge in [0.05, 0.1) is 7.11 Å². The summed E-state index contributed by atoms with van der Waals surface area (Å²) in [6.07, 6.45) is 3.81. The molecule has 1 atom stereocenters. The second kappa shape index (κ2) is 8.43. The van der Waals surface area contributed by atoms with E-state index in [1.165, 1.54) is 0 Å². The second-order valence-electron chi connectivity index (χ2n) is 7.07. The third-order valence-electron chi connectivity index (χ3n) is 5.33. The van der Waals surface area contributed by atoms with Gasteiger partial charge in [0.25, 0.3) is 5.91 Å². The molecule has 1 aliphatic heterocycles. The van der Waals surface area contributed by atoms with Crippen LogP contribution in [0.2, 0.25) is 0 Å². The van der Waals surface area contributed by atoms with Crippen molar-refractivity contribution in [2.75, 3.05) is 33.3 Å². The Morgan fingerprint density at radius 2 is 1.50 bits per heavy atom. The van der Waals surface area contributed by atoms with E-state index in [4.69, 9.17) is 9.47 Å². The maximum Gasteiger partial charge on any atom is 0.263 e. The van der Waals surface area contributed by atoms with Crippen LogP contribution in [0.4, 0.5) is 0 Å². The summed E-state index contributed by atoms with van der Waals surface area (Å²) in [7, 11) is 1.61. The largest absolute Gasteiger partial charge is 0.497 e. The number of hydrogen-bond acceptors (Lipinski definition) is 4. The Labute approximate surface area is 155 Å². The van der Waals surface area contributed by atoms with Gasteiger partial charge >= 0.3 is 0 Å². The van der Waals surface area contributed by atoms with Crippen LogP contribution >= 0.6 is 0 Å². The van der Waals surface area contributed by atoms with E-state index >= 15 is 0 Å². The molecule has 1 saturated heterocycles. The van der Waals surface area contributed by atoms with Crippen molar-refractivity contribution in [2.24, 2.45) is 5.92 Å². The number of carbonyl (C=O) groups is 2. The van der Waals surface area contributed by atoms with Crippen molar-refractivity contribution in [3.05, 3.63) is 24.3 Å². The number of nitrogens with zero attached hydrogens (tertiary/aromatic N) is 2. The van der Waals surface area contributed by atoms with Crippen LogP contribution < -0.4 is 9.47 Å². The van der Waals surface area contributed by atoms with Crippen molar-refractivity contribution in [3.8, 4) is 11.5 Å². The molecular weight excluding hydrogens is 332 g/mol. The molecule has 1 unspecified atom stereocenters. The average Bonchev–Trinajstić information content (AvgIpc) is 3.22. The van der Waals surface area contributed by atoms with Crippen LogP contribution in [-0.2, 0) is 9.59 Å². The van der Waals surface area contributed by atoms with Gasteiger partial charge in [-0.15, -0.1) is 0 Å². The number of methoxy groups -OCH3 is 1. The molecule has 3 rings (SSSR count). The van der Waals surface area contributed by atoms with E-state index in [1.807, 2.05) is 4.90 Å². The van der Waals surface area contributed by atoms with Crippen molar-refractivity contribution < 1.29 is 19.1 Å². The van der Waals surface area contributed by atoms with E-state index in [2.05, 4.69) is 0 Å². The van der Waals surface area contributed by atoms with Crippen molar-refractivity contribution in [1.82, 2.24) is 9.80 Å². The first-order valence-electron chi connectivity index (χ1n) is 9.47. The van der Waals surface area contributed by atoms with Crippen LogP contribution in [0.15, 0.2) is 24.3 Å². The first-order chi connectivity index (χ1) is 12.6. The summed E-state index contributed by atoms with van der Waals surface area (Å²) in [6, 6.07) is 7.20. The third kappa shape index (κ3) is 4.29. The lowest BCUT2D eigenvalue weighted by Gasteiger charge is -2.37. The molecule has 1 saturated carbocycles. The fourth-order valence-electron chi connectivity index (χ4n) is 3.74. The highest BCUT2D eigenvalue weighted by Gasteiger charge is 2.31. The van der Waals surface area contributed by atoms with Crippen molar-refractivity contribution in [2.45, 2.75) is 38.7 Å². The standard InChI is InChI=1S/C20H28N2O4/c1-15(26-18-9-7-17(25-2)8-10-18)19(23)21-11-13-22(14-12-21)20(24)16-5-3-4-6-16/h7-10,15-16H,3-6,11-14H2,1-2H3. The van der Waals surface area contributed by atoms with Gasteiger partial charge in [-0.3, -0.25) is 9.59 Å². The fraction of sp³-hybridized carbons (Fsp3) is 0.600. The van der Waals surface area contributed by atoms with Gasteiger partial charge in [-0.1, -0.05) is 12.8 Å². The van der Waals surface area contributed by atoms with E-state index in [0.717, 1.165) is 31.4 Å². The third-order valence-corrected chi connectivity index (χ3v) is 5.33. The molecule has 1 heterocycles. The Morgan fingerprint density at radius 3 is 2.08 bits per heavy atom. The van der Waals surface area contributed by atoms with E-state index < -0.39 is 6.10 Å². The van der Waals surface area contributed by atoms with Gasteiger partial charge in [-0.05, 0) is 44.0 Å². The van der Waals surface area contributed by atoms with E-state index in [1.54, 1.807) is 43.2 Å². The highest BCUT2D eigenvalue weighted by molar-refractivity contribution is 5.82. The number of piperazine rings is 1. The molecule has 142 valence electrons. The lowest BCUT2D eigenvalue weighted by Crippen LogP contribution is -2.54.